The van der Waals surface area contributed by atoms with E-state index < -0.39 is 0 Å². The standard InChI is InChI=1S/C15H19ClN2S/c1-2-10-3-6-12(7-4-10)17-15-18-13-8-5-11(16)9-14(13)19-15/h5,8-10,12H,2-4,6-7H2,1H3,(H,17,18). The lowest BCUT2D eigenvalue weighted by Gasteiger charge is -2.28. The molecule has 1 heterocycles. The molecule has 0 amide bonds. The summed E-state index contributed by atoms with van der Waals surface area (Å²) in [5.41, 5.74) is 1.04. The molecule has 4 heteroatoms. The highest BCUT2D eigenvalue weighted by Crippen LogP contribution is 2.32. The Morgan fingerprint density at radius 1 is 1.32 bits per heavy atom. The molecule has 0 bridgehead atoms. The average Bonchev–Trinajstić information content (AvgIpc) is 2.81. The number of hydrogen-bond acceptors (Lipinski definition) is 3. The van der Waals surface area contributed by atoms with E-state index in [9.17, 15) is 0 Å². The Labute approximate surface area is 123 Å². The van der Waals surface area contributed by atoms with Crippen molar-refractivity contribution in [3.63, 3.8) is 0 Å². The van der Waals surface area contributed by atoms with E-state index in [1.807, 2.05) is 18.2 Å². The van der Waals surface area contributed by atoms with Gasteiger partial charge in [-0.25, -0.2) is 4.98 Å². The Kier molecular flexibility index (Phi) is 3.94. The monoisotopic (exact) mass is 294 g/mol. The van der Waals surface area contributed by atoms with Gasteiger partial charge in [-0.2, -0.15) is 0 Å². The molecule has 3 rings (SSSR count). The summed E-state index contributed by atoms with van der Waals surface area (Å²) >= 11 is 7.72. The van der Waals surface area contributed by atoms with Crippen LogP contribution in [0.15, 0.2) is 18.2 Å². The van der Waals surface area contributed by atoms with Crippen LogP contribution in [-0.4, -0.2) is 11.0 Å². The lowest BCUT2D eigenvalue weighted by molar-refractivity contribution is 0.330. The molecule has 0 aliphatic heterocycles. The van der Waals surface area contributed by atoms with Gasteiger partial charge in [-0.05, 0) is 49.8 Å². The number of rotatable bonds is 3. The summed E-state index contributed by atoms with van der Waals surface area (Å²) in [4.78, 5) is 4.64. The summed E-state index contributed by atoms with van der Waals surface area (Å²) in [5.74, 6) is 0.937. The van der Waals surface area contributed by atoms with Gasteiger partial charge in [0.25, 0.3) is 0 Å². The summed E-state index contributed by atoms with van der Waals surface area (Å²) in [6, 6.07) is 6.49. The number of nitrogens with zero attached hydrogens (tertiary/aromatic N) is 1. The summed E-state index contributed by atoms with van der Waals surface area (Å²) in [7, 11) is 0. The second-order valence-corrected chi connectivity index (χ2v) is 6.87. The molecule has 19 heavy (non-hydrogen) atoms. The number of hydrogen-bond donors (Lipinski definition) is 1. The van der Waals surface area contributed by atoms with Gasteiger partial charge in [0.05, 0.1) is 10.2 Å². The largest absolute Gasteiger partial charge is 0.359 e. The maximum absolute atomic E-state index is 6.01. The minimum atomic E-state index is 0.596. The van der Waals surface area contributed by atoms with Crippen LogP contribution in [0.3, 0.4) is 0 Å². The summed E-state index contributed by atoms with van der Waals surface area (Å²) < 4.78 is 1.16. The van der Waals surface area contributed by atoms with Crippen LogP contribution in [0.25, 0.3) is 10.2 Å². The number of benzene rings is 1. The first kappa shape index (κ1) is 13.2. The van der Waals surface area contributed by atoms with Crippen LogP contribution in [0.5, 0.6) is 0 Å². The SMILES string of the molecule is CCC1CCC(Nc2nc3ccc(Cl)cc3s2)CC1. The first-order valence-electron chi connectivity index (χ1n) is 7.07. The zero-order valence-electron chi connectivity index (χ0n) is 11.2. The predicted molar refractivity (Wildman–Crippen MR) is 84.3 cm³/mol. The van der Waals surface area contributed by atoms with Crippen molar-refractivity contribution in [2.24, 2.45) is 5.92 Å². The number of thiazole rings is 1. The van der Waals surface area contributed by atoms with Gasteiger partial charge in [0.1, 0.15) is 0 Å². The van der Waals surface area contributed by atoms with Gasteiger partial charge >= 0.3 is 0 Å². The van der Waals surface area contributed by atoms with Gasteiger partial charge in [0.15, 0.2) is 5.13 Å². The van der Waals surface area contributed by atoms with Crippen LogP contribution in [0, 0.1) is 5.92 Å². The minimum Gasteiger partial charge on any atom is -0.359 e. The predicted octanol–water partition coefficient (Wildman–Crippen LogP) is 5.33. The van der Waals surface area contributed by atoms with E-state index in [2.05, 4.69) is 17.2 Å². The molecule has 1 aromatic heterocycles. The quantitative estimate of drug-likeness (QED) is 0.827. The summed E-state index contributed by atoms with van der Waals surface area (Å²) in [6.45, 7) is 2.30. The Hall–Kier alpha value is -0.800. The fourth-order valence-electron chi connectivity index (χ4n) is 2.85. The van der Waals surface area contributed by atoms with Crippen molar-refractivity contribution in [2.45, 2.75) is 45.1 Å². The van der Waals surface area contributed by atoms with Crippen molar-refractivity contribution in [1.29, 1.82) is 0 Å². The molecule has 0 spiro atoms. The van der Waals surface area contributed by atoms with Gasteiger partial charge < -0.3 is 5.32 Å². The zero-order chi connectivity index (χ0) is 13.2. The summed E-state index contributed by atoms with van der Waals surface area (Å²) in [5, 5.41) is 5.42. The smallest absolute Gasteiger partial charge is 0.184 e. The van der Waals surface area contributed by atoms with Crippen molar-refractivity contribution in [3.05, 3.63) is 23.2 Å². The zero-order valence-corrected chi connectivity index (χ0v) is 12.7. The maximum Gasteiger partial charge on any atom is 0.184 e. The Bertz CT molecular complexity index is 558. The molecule has 1 saturated carbocycles. The van der Waals surface area contributed by atoms with Gasteiger partial charge in [0.2, 0.25) is 0 Å². The number of anilines is 1. The fourth-order valence-corrected chi connectivity index (χ4v) is 4.07. The second kappa shape index (κ2) is 5.68. The van der Waals surface area contributed by atoms with Crippen molar-refractivity contribution in [2.75, 3.05) is 5.32 Å². The first-order valence-corrected chi connectivity index (χ1v) is 8.26. The van der Waals surface area contributed by atoms with Crippen molar-refractivity contribution in [1.82, 2.24) is 4.98 Å². The highest BCUT2D eigenvalue weighted by Gasteiger charge is 2.20. The molecule has 1 aliphatic rings. The molecule has 1 aliphatic carbocycles. The van der Waals surface area contributed by atoms with Crippen LogP contribution in [0.2, 0.25) is 5.02 Å². The van der Waals surface area contributed by atoms with E-state index in [0.717, 1.165) is 26.3 Å². The number of aromatic nitrogens is 1. The summed E-state index contributed by atoms with van der Waals surface area (Å²) in [6.07, 6.45) is 6.58. The Morgan fingerprint density at radius 2 is 2.11 bits per heavy atom. The third kappa shape index (κ3) is 3.03. The van der Waals surface area contributed by atoms with Crippen LogP contribution in [-0.2, 0) is 0 Å². The molecule has 1 N–H and O–H groups in total. The van der Waals surface area contributed by atoms with Gasteiger partial charge in [-0.3, -0.25) is 0 Å². The second-order valence-electron chi connectivity index (χ2n) is 5.40. The molecule has 0 unspecified atom stereocenters. The number of fused-ring (bicyclic) bond motifs is 1. The van der Waals surface area contributed by atoms with Gasteiger partial charge in [-0.1, -0.05) is 36.3 Å². The fraction of sp³-hybridized carbons (Fsp3) is 0.533. The minimum absolute atomic E-state index is 0.596. The third-order valence-corrected chi connectivity index (χ3v) is 5.29. The molecule has 0 atom stereocenters. The molecule has 0 radical (unpaired) electrons. The lowest BCUT2D eigenvalue weighted by Crippen LogP contribution is -2.25. The lowest BCUT2D eigenvalue weighted by atomic mass is 9.85. The van der Waals surface area contributed by atoms with Crippen molar-refractivity contribution in [3.8, 4) is 0 Å². The maximum atomic E-state index is 6.01. The normalized spacial score (nSPS) is 23.7. The van der Waals surface area contributed by atoms with Crippen molar-refractivity contribution < 1.29 is 0 Å². The van der Waals surface area contributed by atoms with E-state index >= 15 is 0 Å². The van der Waals surface area contributed by atoms with E-state index in [4.69, 9.17) is 11.6 Å². The van der Waals surface area contributed by atoms with E-state index in [1.54, 1.807) is 11.3 Å². The molecule has 1 fully saturated rings. The number of nitrogens with one attached hydrogen (secondary N) is 1. The molecular weight excluding hydrogens is 276 g/mol. The van der Waals surface area contributed by atoms with Crippen LogP contribution in [0.1, 0.15) is 39.0 Å². The van der Waals surface area contributed by atoms with Crippen molar-refractivity contribution >= 4 is 38.3 Å². The van der Waals surface area contributed by atoms with Crippen LogP contribution >= 0.6 is 22.9 Å². The van der Waals surface area contributed by atoms with Crippen LogP contribution in [0.4, 0.5) is 5.13 Å². The molecule has 102 valence electrons. The van der Waals surface area contributed by atoms with E-state index in [1.165, 1.54) is 32.1 Å². The molecule has 2 nitrogen and oxygen atoms in total. The molecule has 2 aromatic rings. The third-order valence-electron chi connectivity index (χ3n) is 4.10. The molecular formula is C15H19ClN2S. The molecule has 1 aromatic carbocycles. The highest BCUT2D eigenvalue weighted by molar-refractivity contribution is 7.22. The highest BCUT2D eigenvalue weighted by atomic mass is 35.5. The first-order chi connectivity index (χ1) is 9.24. The van der Waals surface area contributed by atoms with E-state index in [0.29, 0.717) is 6.04 Å². The number of halogens is 1. The van der Waals surface area contributed by atoms with E-state index in [-0.39, 0.29) is 0 Å². The Morgan fingerprint density at radius 3 is 2.84 bits per heavy atom. The van der Waals surface area contributed by atoms with Crippen LogP contribution < -0.4 is 5.32 Å². The topological polar surface area (TPSA) is 24.9 Å². The Balaban J connectivity index is 1.68. The molecule has 0 saturated heterocycles. The van der Waals surface area contributed by atoms with Gasteiger partial charge in [0, 0.05) is 11.1 Å². The average molecular weight is 295 g/mol. The van der Waals surface area contributed by atoms with Gasteiger partial charge in [-0.15, -0.1) is 0 Å².